The molecule has 1 aromatic heterocycles. The third-order valence-electron chi connectivity index (χ3n) is 9.25. The van der Waals surface area contributed by atoms with Gasteiger partial charge in [-0.05, 0) is 75.2 Å². The highest BCUT2D eigenvalue weighted by Crippen LogP contribution is 2.38. The Hall–Kier alpha value is -5.01. The first-order valence-corrected chi connectivity index (χ1v) is 16.5. The van der Waals surface area contributed by atoms with Crippen molar-refractivity contribution in [1.82, 2.24) is 9.47 Å². The van der Waals surface area contributed by atoms with E-state index in [1.54, 1.807) is 10.6 Å². The number of para-hydroxylation sites is 2. The van der Waals surface area contributed by atoms with E-state index in [9.17, 15) is 14.4 Å². The Morgan fingerprint density at radius 3 is 1.96 bits per heavy atom. The number of pyridine rings is 1. The second kappa shape index (κ2) is 14.2. The lowest BCUT2D eigenvalue weighted by Crippen LogP contribution is -2.48. The van der Waals surface area contributed by atoms with Gasteiger partial charge in [0.2, 0.25) is 0 Å². The fourth-order valence-electron chi connectivity index (χ4n) is 6.89. The summed E-state index contributed by atoms with van der Waals surface area (Å²) in [4.78, 5) is 46.8. The van der Waals surface area contributed by atoms with E-state index in [4.69, 9.17) is 4.74 Å². The summed E-state index contributed by atoms with van der Waals surface area (Å²) in [6, 6.07) is 36.6. The van der Waals surface area contributed by atoms with Crippen molar-refractivity contribution in [3.05, 3.63) is 142 Å². The molecular formula is C40H41N3O4. The van der Waals surface area contributed by atoms with Crippen LogP contribution >= 0.6 is 0 Å². The summed E-state index contributed by atoms with van der Waals surface area (Å²) in [6.45, 7) is 6.29. The molecule has 1 saturated heterocycles. The molecule has 0 saturated carbocycles. The number of carbonyl (C=O) groups excluding carboxylic acids is 2. The van der Waals surface area contributed by atoms with E-state index in [1.165, 1.54) is 0 Å². The molecule has 0 spiro atoms. The van der Waals surface area contributed by atoms with Crippen LogP contribution in [-0.2, 0) is 21.5 Å². The maximum absolute atomic E-state index is 14.9. The second-order valence-electron chi connectivity index (χ2n) is 12.1. The first-order chi connectivity index (χ1) is 23.0. The highest BCUT2D eigenvalue weighted by Gasteiger charge is 2.44. The predicted molar refractivity (Wildman–Crippen MR) is 187 cm³/mol. The van der Waals surface area contributed by atoms with Gasteiger partial charge in [-0.15, -0.1) is 0 Å². The Morgan fingerprint density at radius 2 is 1.34 bits per heavy atom. The monoisotopic (exact) mass is 627 g/mol. The minimum Gasteiger partial charge on any atom is -0.465 e. The molecule has 1 aliphatic heterocycles. The second-order valence-corrected chi connectivity index (χ2v) is 12.1. The van der Waals surface area contributed by atoms with Crippen LogP contribution in [0.25, 0.3) is 16.5 Å². The van der Waals surface area contributed by atoms with Crippen LogP contribution < -0.4 is 10.5 Å². The van der Waals surface area contributed by atoms with Gasteiger partial charge in [0, 0.05) is 35.2 Å². The zero-order chi connectivity index (χ0) is 32.8. The van der Waals surface area contributed by atoms with E-state index in [0.29, 0.717) is 73.3 Å². The van der Waals surface area contributed by atoms with Gasteiger partial charge >= 0.3 is 5.97 Å². The lowest BCUT2D eigenvalue weighted by Gasteiger charge is -2.40. The number of anilines is 1. The van der Waals surface area contributed by atoms with Gasteiger partial charge in [0.15, 0.2) is 0 Å². The molecule has 0 bridgehead atoms. The number of likely N-dealkylation sites (tertiary alicyclic amines) is 1. The van der Waals surface area contributed by atoms with Crippen LogP contribution in [0, 0.1) is 0 Å². The molecule has 1 amide bonds. The summed E-state index contributed by atoms with van der Waals surface area (Å²) in [5.74, 6) is -0.345. The van der Waals surface area contributed by atoms with Gasteiger partial charge in [-0.2, -0.15) is 0 Å². The zero-order valence-corrected chi connectivity index (χ0v) is 27.1. The van der Waals surface area contributed by atoms with E-state index in [0.717, 1.165) is 17.7 Å². The molecule has 0 aliphatic carbocycles. The number of piperidine rings is 1. The van der Waals surface area contributed by atoms with Gasteiger partial charge in [0.05, 0.1) is 23.3 Å². The van der Waals surface area contributed by atoms with Crippen LogP contribution in [0.1, 0.15) is 54.7 Å². The fourth-order valence-corrected chi connectivity index (χ4v) is 6.89. The summed E-state index contributed by atoms with van der Waals surface area (Å²) in [7, 11) is 0. The maximum Gasteiger partial charge on any atom is 0.316 e. The predicted octanol–water partition coefficient (Wildman–Crippen LogP) is 7.14. The topological polar surface area (TPSA) is 71.9 Å². The molecule has 0 N–H and O–H groups in total. The first-order valence-electron chi connectivity index (χ1n) is 16.5. The summed E-state index contributed by atoms with van der Waals surface area (Å²) >= 11 is 0. The smallest absolute Gasteiger partial charge is 0.316 e. The van der Waals surface area contributed by atoms with E-state index in [2.05, 4.69) is 11.8 Å². The zero-order valence-electron chi connectivity index (χ0n) is 27.1. The lowest BCUT2D eigenvalue weighted by atomic mass is 9.72. The molecule has 0 radical (unpaired) electrons. The minimum absolute atomic E-state index is 0.143. The number of fused-ring (bicyclic) bond motifs is 1. The van der Waals surface area contributed by atoms with Crippen molar-refractivity contribution < 1.29 is 14.3 Å². The SMILES string of the molecule is CCCN(C(=O)c1c(CN2CCC(C(=O)OCC)(c3ccccc3)CC2)n(-c2ccccc2)c(=O)c2ccccc12)c1ccccc1. The van der Waals surface area contributed by atoms with Gasteiger partial charge in [0.25, 0.3) is 11.5 Å². The molecule has 1 fully saturated rings. The number of rotatable bonds is 10. The molecule has 4 aromatic carbocycles. The standard InChI is InChI=1S/C40H41N3O4/c1-3-26-42(31-18-10-6-11-19-31)38(45)36-33-22-14-15-23-34(33)37(44)43(32-20-12-7-13-21-32)35(36)29-41-27-24-40(25-28-41,39(46)47-4-2)30-16-8-5-9-17-30/h5-23H,3-4,24-29H2,1-2H3. The minimum atomic E-state index is -0.750. The largest absolute Gasteiger partial charge is 0.465 e. The maximum atomic E-state index is 14.9. The van der Waals surface area contributed by atoms with Crippen molar-refractivity contribution in [1.29, 1.82) is 0 Å². The van der Waals surface area contributed by atoms with Crippen molar-refractivity contribution in [3.8, 4) is 5.69 Å². The molecule has 6 rings (SSSR count). The number of nitrogens with zero attached hydrogens (tertiary/aromatic N) is 3. The van der Waals surface area contributed by atoms with Crippen molar-refractivity contribution in [2.75, 3.05) is 31.1 Å². The fraction of sp³-hybridized carbons (Fsp3) is 0.275. The average Bonchev–Trinajstić information content (AvgIpc) is 3.12. The van der Waals surface area contributed by atoms with Crippen LogP contribution in [0.2, 0.25) is 0 Å². The van der Waals surface area contributed by atoms with Gasteiger partial charge in [-0.25, -0.2) is 0 Å². The normalized spacial score (nSPS) is 14.5. The number of amides is 1. The quantitative estimate of drug-likeness (QED) is 0.154. The molecule has 0 atom stereocenters. The number of ether oxygens (including phenoxy) is 1. The van der Waals surface area contributed by atoms with Gasteiger partial charge in [-0.3, -0.25) is 23.9 Å². The van der Waals surface area contributed by atoms with Crippen LogP contribution in [0.3, 0.4) is 0 Å². The number of hydrogen-bond donors (Lipinski definition) is 0. The molecule has 240 valence electrons. The van der Waals surface area contributed by atoms with Crippen molar-refractivity contribution in [3.63, 3.8) is 0 Å². The number of aromatic nitrogens is 1. The Kier molecular flexibility index (Phi) is 9.64. The van der Waals surface area contributed by atoms with E-state index in [1.807, 2.05) is 121 Å². The Balaban J connectivity index is 1.48. The molecule has 1 aliphatic rings. The molecule has 7 nitrogen and oxygen atoms in total. The Morgan fingerprint density at radius 1 is 0.766 bits per heavy atom. The van der Waals surface area contributed by atoms with Crippen molar-refractivity contribution in [2.24, 2.45) is 0 Å². The summed E-state index contributed by atoms with van der Waals surface area (Å²) < 4.78 is 7.34. The Labute approximate surface area is 276 Å². The van der Waals surface area contributed by atoms with E-state index < -0.39 is 5.41 Å². The third kappa shape index (κ3) is 6.23. The third-order valence-corrected chi connectivity index (χ3v) is 9.25. The van der Waals surface area contributed by atoms with Crippen LogP contribution in [0.15, 0.2) is 120 Å². The van der Waals surface area contributed by atoms with Gasteiger partial charge < -0.3 is 9.64 Å². The number of carbonyl (C=O) groups is 2. The molecular weight excluding hydrogens is 586 g/mol. The number of benzene rings is 4. The van der Waals surface area contributed by atoms with Crippen LogP contribution in [0.5, 0.6) is 0 Å². The molecule has 5 aromatic rings. The van der Waals surface area contributed by atoms with Crippen LogP contribution in [0.4, 0.5) is 5.69 Å². The summed E-state index contributed by atoms with van der Waals surface area (Å²) in [5.41, 5.74) is 2.72. The van der Waals surface area contributed by atoms with Crippen molar-refractivity contribution >= 4 is 28.3 Å². The van der Waals surface area contributed by atoms with Gasteiger partial charge in [0.1, 0.15) is 0 Å². The summed E-state index contributed by atoms with van der Waals surface area (Å²) in [6.07, 6.45) is 1.90. The summed E-state index contributed by atoms with van der Waals surface area (Å²) in [5, 5.41) is 1.14. The van der Waals surface area contributed by atoms with Gasteiger partial charge in [-0.1, -0.05) is 91.9 Å². The van der Waals surface area contributed by atoms with E-state index >= 15 is 0 Å². The molecule has 7 heteroatoms. The van der Waals surface area contributed by atoms with Crippen LogP contribution in [-0.4, -0.2) is 47.6 Å². The average molecular weight is 628 g/mol. The lowest BCUT2D eigenvalue weighted by molar-refractivity contribution is -0.152. The highest BCUT2D eigenvalue weighted by molar-refractivity contribution is 6.15. The Bertz CT molecular complexity index is 1900. The van der Waals surface area contributed by atoms with Crippen molar-refractivity contribution in [2.45, 2.75) is 45.1 Å². The first kappa shape index (κ1) is 32.0. The molecule has 47 heavy (non-hydrogen) atoms. The highest BCUT2D eigenvalue weighted by atomic mass is 16.5. The molecule has 2 heterocycles. The number of esters is 1. The number of hydrogen-bond acceptors (Lipinski definition) is 5. The molecule has 0 unspecified atom stereocenters. The van der Waals surface area contributed by atoms with E-state index in [-0.39, 0.29) is 17.4 Å².